The predicted octanol–water partition coefficient (Wildman–Crippen LogP) is 5.28. The van der Waals surface area contributed by atoms with E-state index in [-0.39, 0.29) is 0 Å². The molecule has 0 amide bonds. The number of unbranched alkanes of at least 4 members (excludes halogenated alkanes) is 5. The van der Waals surface area contributed by atoms with Crippen molar-refractivity contribution in [3.63, 3.8) is 0 Å². The first-order valence-electron chi connectivity index (χ1n) is 7.13. The lowest BCUT2D eigenvalue weighted by Gasteiger charge is -2.26. The Labute approximate surface area is 129 Å². The number of esters is 1. The molecule has 0 saturated carbocycles. The molecule has 0 atom stereocenters. The average Bonchev–Trinajstić information content (AvgIpc) is 2.43. The lowest BCUT2D eigenvalue weighted by atomic mass is 10.1. The number of allylic oxidation sites excluding steroid dienone is 1. The van der Waals surface area contributed by atoms with Crippen molar-refractivity contribution in [2.75, 3.05) is 6.61 Å². The number of carbonyl (C=O) groups excluding carboxylic acids is 1. The summed E-state index contributed by atoms with van der Waals surface area (Å²) in [6.07, 6.45) is 1.59. The summed E-state index contributed by atoms with van der Waals surface area (Å²) in [5, 5.41) is 0. The minimum atomic E-state index is -6.55. The highest BCUT2D eigenvalue weighted by molar-refractivity contribution is 5.79. The monoisotopic (exact) mass is 352 g/mol. The van der Waals surface area contributed by atoms with E-state index in [4.69, 9.17) is 0 Å². The highest BCUT2D eigenvalue weighted by Gasteiger charge is 2.77. The molecule has 0 rings (SSSR count). The Morgan fingerprint density at radius 2 is 1.48 bits per heavy atom. The zero-order valence-corrected chi connectivity index (χ0v) is 12.6. The first kappa shape index (κ1) is 21.7. The van der Waals surface area contributed by atoms with E-state index >= 15 is 0 Å². The minimum absolute atomic E-state index is 0.566. The van der Waals surface area contributed by atoms with E-state index in [2.05, 4.69) is 4.74 Å². The third-order valence-electron chi connectivity index (χ3n) is 2.96. The molecule has 0 heterocycles. The molecular formula is C14H19F7O2. The van der Waals surface area contributed by atoms with Gasteiger partial charge in [0.2, 0.25) is 0 Å². The topological polar surface area (TPSA) is 26.3 Å². The van der Waals surface area contributed by atoms with Gasteiger partial charge >= 0.3 is 24.0 Å². The van der Waals surface area contributed by atoms with Crippen LogP contribution in [0.25, 0.3) is 0 Å². The lowest BCUT2D eigenvalue weighted by molar-refractivity contribution is -0.348. The maximum absolute atomic E-state index is 12.9. The Morgan fingerprint density at radius 1 is 0.913 bits per heavy atom. The second kappa shape index (κ2) is 9.12. The maximum Gasteiger partial charge on any atom is 0.460 e. The molecule has 2 nitrogen and oxygen atoms in total. The molecule has 0 aliphatic heterocycles. The van der Waals surface area contributed by atoms with Crippen LogP contribution in [0.5, 0.6) is 0 Å². The first-order valence-corrected chi connectivity index (χ1v) is 7.13. The van der Waals surface area contributed by atoms with Gasteiger partial charge in [0.25, 0.3) is 0 Å². The molecule has 0 aromatic carbocycles. The average molecular weight is 352 g/mol. The molecule has 0 unspecified atom stereocenters. The normalized spacial score (nSPS) is 13.6. The molecular weight excluding hydrogens is 333 g/mol. The van der Waals surface area contributed by atoms with Crippen molar-refractivity contribution in [1.29, 1.82) is 0 Å². The number of carbonyl (C=O) groups is 1. The molecule has 0 aromatic rings. The third kappa shape index (κ3) is 6.39. The molecule has 0 spiro atoms. The number of hydrogen-bond acceptors (Lipinski definition) is 2. The van der Waals surface area contributed by atoms with E-state index < -0.39 is 30.6 Å². The largest absolute Gasteiger partial charge is 0.460 e. The summed E-state index contributed by atoms with van der Waals surface area (Å²) in [6.45, 7) is 1.25. The number of hydrogen-bond donors (Lipinski definition) is 0. The Balaban J connectivity index is 4.24. The zero-order chi connectivity index (χ0) is 18.1. The van der Waals surface area contributed by atoms with Gasteiger partial charge in [-0.15, -0.1) is 0 Å². The molecule has 0 saturated heterocycles. The van der Waals surface area contributed by atoms with Gasteiger partial charge in [-0.05, 0) is 12.8 Å². The maximum atomic E-state index is 12.9. The number of rotatable bonds is 10. The van der Waals surface area contributed by atoms with Crippen LogP contribution in [-0.2, 0) is 9.53 Å². The van der Waals surface area contributed by atoms with Crippen molar-refractivity contribution in [3.05, 3.63) is 12.2 Å². The van der Waals surface area contributed by atoms with Crippen LogP contribution in [0.4, 0.5) is 30.7 Å². The number of alkyl halides is 7. The first-order chi connectivity index (χ1) is 10.5. The fourth-order valence-electron chi connectivity index (χ4n) is 1.57. The van der Waals surface area contributed by atoms with Crippen molar-refractivity contribution in [2.24, 2.45) is 0 Å². The molecule has 23 heavy (non-hydrogen) atoms. The lowest BCUT2D eigenvalue weighted by Crippen LogP contribution is -2.56. The summed E-state index contributed by atoms with van der Waals surface area (Å²) in [5.41, 5.74) is 0. The van der Waals surface area contributed by atoms with Crippen LogP contribution in [0.3, 0.4) is 0 Å². The molecule has 0 aliphatic carbocycles. The molecule has 9 heteroatoms. The van der Waals surface area contributed by atoms with Crippen LogP contribution in [-0.4, -0.2) is 30.6 Å². The summed E-state index contributed by atoms with van der Waals surface area (Å²) in [4.78, 5) is 10.8. The van der Waals surface area contributed by atoms with E-state index in [0.29, 0.717) is 6.42 Å². The summed E-state index contributed by atoms with van der Waals surface area (Å²) in [6, 6.07) is 0. The SMILES string of the molecule is CCCCCCC/C=C/COC(=O)C(F)(F)C(F)(F)C(F)(F)F. The molecule has 0 N–H and O–H groups in total. The van der Waals surface area contributed by atoms with Crippen LogP contribution in [0.15, 0.2) is 12.2 Å². The van der Waals surface area contributed by atoms with Crippen LogP contribution in [0.1, 0.15) is 45.4 Å². The van der Waals surface area contributed by atoms with Crippen LogP contribution in [0, 0.1) is 0 Å². The quantitative estimate of drug-likeness (QED) is 0.231. The van der Waals surface area contributed by atoms with E-state index in [1.807, 2.05) is 6.92 Å². The minimum Gasteiger partial charge on any atom is -0.457 e. The van der Waals surface area contributed by atoms with Crippen molar-refractivity contribution in [2.45, 2.75) is 63.5 Å². The third-order valence-corrected chi connectivity index (χ3v) is 2.96. The van der Waals surface area contributed by atoms with Gasteiger partial charge in [-0.25, -0.2) is 4.79 Å². The molecule has 0 aliphatic rings. The van der Waals surface area contributed by atoms with Gasteiger partial charge in [0.15, 0.2) is 0 Å². The molecule has 0 bridgehead atoms. The highest BCUT2D eigenvalue weighted by atomic mass is 19.4. The molecule has 0 aromatic heterocycles. The summed E-state index contributed by atoms with van der Waals surface area (Å²) < 4.78 is 90.2. The second-order valence-electron chi connectivity index (χ2n) is 4.92. The van der Waals surface area contributed by atoms with E-state index in [1.165, 1.54) is 6.08 Å². The van der Waals surface area contributed by atoms with Gasteiger partial charge in [-0.1, -0.05) is 44.8 Å². The Bertz CT molecular complexity index is 389. The van der Waals surface area contributed by atoms with Gasteiger partial charge in [0.05, 0.1) is 0 Å². The van der Waals surface area contributed by atoms with Crippen molar-refractivity contribution in [3.8, 4) is 0 Å². The van der Waals surface area contributed by atoms with Crippen molar-refractivity contribution >= 4 is 5.97 Å². The van der Waals surface area contributed by atoms with E-state index in [9.17, 15) is 35.5 Å². The van der Waals surface area contributed by atoms with Crippen molar-refractivity contribution < 1.29 is 40.3 Å². The predicted molar refractivity (Wildman–Crippen MR) is 69.4 cm³/mol. The van der Waals surface area contributed by atoms with Crippen LogP contribution in [0.2, 0.25) is 0 Å². The van der Waals surface area contributed by atoms with Crippen LogP contribution < -0.4 is 0 Å². The number of ether oxygens (including phenoxy) is 1. The fourth-order valence-corrected chi connectivity index (χ4v) is 1.57. The standard InChI is InChI=1S/C14H19F7O2/c1-2-3-4-5-6-7-8-9-10-23-11(22)12(15,16)13(17,18)14(19,20)21/h8-9H,2-7,10H2,1H3/b9-8+. The number of halogens is 7. The van der Waals surface area contributed by atoms with Crippen molar-refractivity contribution in [1.82, 2.24) is 0 Å². The Hall–Kier alpha value is -1.28. The summed E-state index contributed by atoms with van der Waals surface area (Å²) in [5.74, 6) is -15.4. The molecule has 0 radical (unpaired) electrons. The smallest absolute Gasteiger partial charge is 0.457 e. The molecule has 0 fully saturated rings. The highest BCUT2D eigenvalue weighted by Crippen LogP contribution is 2.46. The van der Waals surface area contributed by atoms with Crippen LogP contribution >= 0.6 is 0 Å². The second-order valence-corrected chi connectivity index (χ2v) is 4.92. The summed E-state index contributed by atoms with van der Waals surface area (Å²) >= 11 is 0. The summed E-state index contributed by atoms with van der Waals surface area (Å²) in [7, 11) is 0. The van der Waals surface area contributed by atoms with E-state index in [0.717, 1.165) is 38.2 Å². The van der Waals surface area contributed by atoms with Gasteiger partial charge < -0.3 is 4.74 Å². The van der Waals surface area contributed by atoms with Gasteiger partial charge in [-0.2, -0.15) is 30.7 Å². The Kier molecular flexibility index (Phi) is 8.61. The molecule has 136 valence electrons. The van der Waals surface area contributed by atoms with Gasteiger partial charge in [0, 0.05) is 0 Å². The van der Waals surface area contributed by atoms with Gasteiger partial charge in [-0.3, -0.25) is 0 Å². The Morgan fingerprint density at radius 3 is 2.00 bits per heavy atom. The van der Waals surface area contributed by atoms with E-state index in [1.54, 1.807) is 0 Å². The zero-order valence-electron chi connectivity index (χ0n) is 12.6. The fraction of sp³-hybridized carbons (Fsp3) is 0.786. The van der Waals surface area contributed by atoms with Gasteiger partial charge in [0.1, 0.15) is 6.61 Å².